The SMILES string of the molecule is O=[N+]([O-])c1ccc(CCl)cc1OCc1ccc(Br)cc1Cl. The van der Waals surface area contributed by atoms with Crippen molar-refractivity contribution in [1.82, 2.24) is 0 Å². The van der Waals surface area contributed by atoms with Crippen molar-refractivity contribution < 1.29 is 9.66 Å². The molecule has 0 atom stereocenters. The molecule has 110 valence electrons. The lowest BCUT2D eigenvalue weighted by Gasteiger charge is -2.09. The van der Waals surface area contributed by atoms with Gasteiger partial charge in [-0.3, -0.25) is 10.1 Å². The summed E-state index contributed by atoms with van der Waals surface area (Å²) in [5, 5.41) is 11.5. The van der Waals surface area contributed by atoms with E-state index < -0.39 is 4.92 Å². The summed E-state index contributed by atoms with van der Waals surface area (Å²) in [7, 11) is 0. The predicted octanol–water partition coefficient (Wildman–Crippen LogP) is 5.33. The van der Waals surface area contributed by atoms with Crippen LogP contribution in [-0.2, 0) is 12.5 Å². The second kappa shape index (κ2) is 7.11. The number of hydrogen-bond donors (Lipinski definition) is 0. The quantitative estimate of drug-likeness (QED) is 0.394. The van der Waals surface area contributed by atoms with Crippen LogP contribution in [0.2, 0.25) is 5.02 Å². The molecule has 0 aliphatic heterocycles. The third kappa shape index (κ3) is 4.09. The Balaban J connectivity index is 2.24. The number of nitro groups is 1. The Kier molecular flexibility index (Phi) is 5.45. The summed E-state index contributed by atoms with van der Waals surface area (Å²) in [5.41, 5.74) is 1.39. The van der Waals surface area contributed by atoms with Crippen molar-refractivity contribution >= 4 is 44.8 Å². The largest absolute Gasteiger partial charge is 0.482 e. The normalized spacial score (nSPS) is 10.4. The van der Waals surface area contributed by atoms with Crippen LogP contribution in [-0.4, -0.2) is 4.92 Å². The molecule has 0 saturated heterocycles. The van der Waals surface area contributed by atoms with E-state index in [4.69, 9.17) is 27.9 Å². The number of ether oxygens (including phenoxy) is 1. The number of benzene rings is 2. The van der Waals surface area contributed by atoms with Gasteiger partial charge in [0.1, 0.15) is 6.61 Å². The topological polar surface area (TPSA) is 52.4 Å². The first-order chi connectivity index (χ1) is 10.0. The fourth-order valence-electron chi connectivity index (χ4n) is 1.70. The Morgan fingerprint density at radius 3 is 2.62 bits per heavy atom. The van der Waals surface area contributed by atoms with Crippen molar-refractivity contribution in [3.8, 4) is 5.75 Å². The molecule has 0 saturated carbocycles. The second-order valence-corrected chi connectivity index (χ2v) is 5.81. The Morgan fingerprint density at radius 2 is 2.00 bits per heavy atom. The number of hydrogen-bond acceptors (Lipinski definition) is 3. The maximum absolute atomic E-state index is 11.0. The maximum Gasteiger partial charge on any atom is 0.310 e. The van der Waals surface area contributed by atoms with Crippen molar-refractivity contribution in [1.29, 1.82) is 0 Å². The van der Waals surface area contributed by atoms with Gasteiger partial charge in [-0.05, 0) is 23.8 Å². The predicted molar refractivity (Wildman–Crippen MR) is 86.1 cm³/mol. The van der Waals surface area contributed by atoms with Crippen LogP contribution >= 0.6 is 39.1 Å². The zero-order valence-electron chi connectivity index (χ0n) is 10.7. The van der Waals surface area contributed by atoms with Gasteiger partial charge in [0.15, 0.2) is 5.75 Å². The lowest BCUT2D eigenvalue weighted by molar-refractivity contribution is -0.386. The number of halogens is 3. The van der Waals surface area contributed by atoms with E-state index >= 15 is 0 Å². The summed E-state index contributed by atoms with van der Waals surface area (Å²) < 4.78 is 6.40. The van der Waals surface area contributed by atoms with Crippen molar-refractivity contribution in [2.24, 2.45) is 0 Å². The van der Waals surface area contributed by atoms with Gasteiger partial charge in [-0.2, -0.15) is 0 Å². The molecule has 7 heteroatoms. The van der Waals surface area contributed by atoms with Crippen molar-refractivity contribution in [3.63, 3.8) is 0 Å². The first-order valence-corrected chi connectivity index (χ1v) is 7.62. The summed E-state index contributed by atoms with van der Waals surface area (Å²) in [6.07, 6.45) is 0. The Hall–Kier alpha value is -1.30. The standard InChI is InChI=1S/C14H10BrCl2NO3/c15-11-3-2-10(12(17)6-11)8-21-14-5-9(7-16)1-4-13(14)18(19)20/h1-6H,7-8H2. The first-order valence-electron chi connectivity index (χ1n) is 5.91. The van der Waals surface area contributed by atoms with Gasteiger partial charge in [0.25, 0.3) is 0 Å². The molecule has 0 N–H and O–H groups in total. The number of alkyl halides is 1. The van der Waals surface area contributed by atoms with E-state index in [9.17, 15) is 10.1 Å². The minimum atomic E-state index is -0.490. The molecule has 0 radical (unpaired) electrons. The molecule has 0 unspecified atom stereocenters. The molecule has 0 bridgehead atoms. The average Bonchev–Trinajstić information content (AvgIpc) is 2.45. The maximum atomic E-state index is 11.0. The van der Waals surface area contributed by atoms with Gasteiger partial charge >= 0.3 is 5.69 Å². The molecular formula is C14H10BrCl2NO3. The molecule has 2 aromatic carbocycles. The van der Waals surface area contributed by atoms with E-state index in [-0.39, 0.29) is 23.9 Å². The number of rotatable bonds is 5. The summed E-state index contributed by atoms with van der Waals surface area (Å²) in [4.78, 5) is 10.5. The first kappa shape index (κ1) is 16.1. The van der Waals surface area contributed by atoms with Crippen molar-refractivity contribution in [3.05, 3.63) is 67.1 Å². The van der Waals surface area contributed by atoms with Crippen LogP contribution in [0.25, 0.3) is 0 Å². The summed E-state index contributed by atoms with van der Waals surface area (Å²) in [5.74, 6) is 0.435. The molecule has 0 fully saturated rings. The van der Waals surface area contributed by atoms with Gasteiger partial charge in [0, 0.05) is 27.0 Å². The summed E-state index contributed by atoms with van der Waals surface area (Å²) >= 11 is 15.1. The lowest BCUT2D eigenvalue weighted by atomic mass is 10.2. The highest BCUT2D eigenvalue weighted by Crippen LogP contribution is 2.30. The van der Waals surface area contributed by atoms with Gasteiger partial charge in [0.05, 0.1) is 4.92 Å². The molecule has 0 heterocycles. The van der Waals surface area contributed by atoms with Crippen LogP contribution in [0.3, 0.4) is 0 Å². The van der Waals surface area contributed by atoms with Crippen LogP contribution in [0.4, 0.5) is 5.69 Å². The van der Waals surface area contributed by atoms with Crippen LogP contribution in [0.1, 0.15) is 11.1 Å². The third-order valence-corrected chi connectivity index (χ3v) is 3.93. The van der Waals surface area contributed by atoms with Gasteiger partial charge in [-0.25, -0.2) is 0 Å². The number of nitro benzene ring substituents is 1. The zero-order valence-corrected chi connectivity index (χ0v) is 13.8. The molecule has 0 spiro atoms. The fourth-order valence-corrected chi connectivity index (χ4v) is 2.60. The van der Waals surface area contributed by atoms with Crippen molar-refractivity contribution in [2.75, 3.05) is 0 Å². The number of nitrogens with zero attached hydrogens (tertiary/aromatic N) is 1. The van der Waals surface area contributed by atoms with Crippen LogP contribution in [0, 0.1) is 10.1 Å². The molecule has 0 amide bonds. The monoisotopic (exact) mass is 389 g/mol. The highest BCUT2D eigenvalue weighted by Gasteiger charge is 2.16. The Labute approximate surface area is 139 Å². The summed E-state index contributed by atoms with van der Waals surface area (Å²) in [6, 6.07) is 9.92. The molecule has 4 nitrogen and oxygen atoms in total. The van der Waals surface area contributed by atoms with E-state index in [0.29, 0.717) is 5.02 Å². The zero-order chi connectivity index (χ0) is 15.4. The van der Waals surface area contributed by atoms with E-state index in [1.165, 1.54) is 6.07 Å². The molecule has 21 heavy (non-hydrogen) atoms. The van der Waals surface area contributed by atoms with Gasteiger partial charge in [0.2, 0.25) is 0 Å². The van der Waals surface area contributed by atoms with Crippen LogP contribution < -0.4 is 4.74 Å². The van der Waals surface area contributed by atoms with E-state index in [1.807, 2.05) is 6.07 Å². The highest BCUT2D eigenvalue weighted by atomic mass is 79.9. The van der Waals surface area contributed by atoms with Crippen LogP contribution in [0.15, 0.2) is 40.9 Å². The minimum absolute atomic E-state index is 0.0999. The molecule has 0 aliphatic rings. The highest BCUT2D eigenvalue weighted by molar-refractivity contribution is 9.10. The molecule has 2 aromatic rings. The average molecular weight is 391 g/mol. The smallest absolute Gasteiger partial charge is 0.310 e. The Bertz CT molecular complexity index is 679. The fraction of sp³-hybridized carbons (Fsp3) is 0.143. The van der Waals surface area contributed by atoms with Gasteiger partial charge in [-0.15, -0.1) is 11.6 Å². The lowest BCUT2D eigenvalue weighted by Crippen LogP contribution is -2.00. The molecule has 2 rings (SSSR count). The van der Waals surface area contributed by atoms with E-state index in [2.05, 4.69) is 15.9 Å². The van der Waals surface area contributed by atoms with Crippen LogP contribution in [0.5, 0.6) is 5.75 Å². The summed E-state index contributed by atoms with van der Waals surface area (Å²) in [6.45, 7) is 0.138. The van der Waals surface area contributed by atoms with E-state index in [0.717, 1.165) is 15.6 Å². The molecule has 0 aliphatic carbocycles. The van der Waals surface area contributed by atoms with Crippen molar-refractivity contribution in [2.45, 2.75) is 12.5 Å². The van der Waals surface area contributed by atoms with Gasteiger partial charge < -0.3 is 4.74 Å². The minimum Gasteiger partial charge on any atom is -0.482 e. The molecule has 0 aromatic heterocycles. The van der Waals surface area contributed by atoms with E-state index in [1.54, 1.807) is 24.3 Å². The second-order valence-electron chi connectivity index (χ2n) is 4.22. The van der Waals surface area contributed by atoms with Gasteiger partial charge in [-0.1, -0.05) is 39.7 Å². The Morgan fingerprint density at radius 1 is 1.24 bits per heavy atom. The molecular weight excluding hydrogens is 381 g/mol. The third-order valence-electron chi connectivity index (χ3n) is 2.77.